The number of benzene rings is 1. The Hall–Kier alpha value is -2.43. The van der Waals surface area contributed by atoms with Crippen LogP contribution in [0.1, 0.15) is 15.9 Å². The lowest BCUT2D eigenvalue weighted by Crippen LogP contribution is -2.22. The van der Waals surface area contributed by atoms with Crippen LogP contribution in [0.2, 0.25) is 0 Å². The van der Waals surface area contributed by atoms with Gasteiger partial charge in [-0.15, -0.1) is 0 Å². The zero-order valence-corrected chi connectivity index (χ0v) is 11.0. The minimum absolute atomic E-state index is 0.0209. The van der Waals surface area contributed by atoms with Gasteiger partial charge in [0, 0.05) is 44.3 Å². The first-order chi connectivity index (χ1) is 9.18. The minimum atomic E-state index is -0.0209. The second kappa shape index (κ2) is 5.95. The standard InChI is InChI=1S/C14H16N4O/c1-18(2)14(19)12-5-3-4-6-13(12)17-9-11-7-15-10-16-8-11/h3-8,10,17H,9H2,1-2H3. The van der Waals surface area contributed by atoms with Gasteiger partial charge in [-0.05, 0) is 12.1 Å². The quantitative estimate of drug-likeness (QED) is 0.906. The van der Waals surface area contributed by atoms with Crippen molar-refractivity contribution < 1.29 is 4.79 Å². The highest BCUT2D eigenvalue weighted by molar-refractivity contribution is 5.99. The van der Waals surface area contributed by atoms with Crippen LogP contribution in [0.25, 0.3) is 0 Å². The summed E-state index contributed by atoms with van der Waals surface area (Å²) >= 11 is 0. The van der Waals surface area contributed by atoms with E-state index in [9.17, 15) is 4.79 Å². The van der Waals surface area contributed by atoms with Gasteiger partial charge in [-0.25, -0.2) is 9.97 Å². The van der Waals surface area contributed by atoms with Crippen molar-refractivity contribution in [1.82, 2.24) is 14.9 Å². The summed E-state index contributed by atoms with van der Waals surface area (Å²) < 4.78 is 0. The number of amides is 1. The average Bonchev–Trinajstić information content (AvgIpc) is 2.45. The number of carbonyl (C=O) groups is 1. The number of anilines is 1. The molecule has 0 radical (unpaired) electrons. The molecule has 0 saturated heterocycles. The van der Waals surface area contributed by atoms with E-state index in [1.165, 1.54) is 6.33 Å². The van der Waals surface area contributed by atoms with Gasteiger partial charge in [-0.1, -0.05) is 12.1 Å². The van der Waals surface area contributed by atoms with Crippen LogP contribution < -0.4 is 5.32 Å². The highest BCUT2D eigenvalue weighted by atomic mass is 16.2. The Balaban J connectivity index is 2.14. The fourth-order valence-corrected chi connectivity index (χ4v) is 1.68. The predicted molar refractivity (Wildman–Crippen MR) is 73.8 cm³/mol. The zero-order valence-electron chi connectivity index (χ0n) is 11.0. The first-order valence-electron chi connectivity index (χ1n) is 5.97. The van der Waals surface area contributed by atoms with E-state index in [-0.39, 0.29) is 5.91 Å². The normalized spacial score (nSPS) is 10.0. The summed E-state index contributed by atoms with van der Waals surface area (Å²) in [4.78, 5) is 21.5. The molecule has 0 aliphatic rings. The molecule has 5 heteroatoms. The van der Waals surface area contributed by atoms with Gasteiger partial charge < -0.3 is 10.2 Å². The van der Waals surface area contributed by atoms with Crippen molar-refractivity contribution in [2.75, 3.05) is 19.4 Å². The Morgan fingerprint density at radius 1 is 1.21 bits per heavy atom. The lowest BCUT2D eigenvalue weighted by atomic mass is 10.1. The Labute approximate surface area is 112 Å². The minimum Gasteiger partial charge on any atom is -0.380 e. The van der Waals surface area contributed by atoms with Gasteiger partial charge in [0.1, 0.15) is 6.33 Å². The van der Waals surface area contributed by atoms with Gasteiger partial charge in [-0.2, -0.15) is 0 Å². The highest BCUT2D eigenvalue weighted by Gasteiger charge is 2.12. The molecule has 1 aromatic carbocycles. The third kappa shape index (κ3) is 3.28. The molecular formula is C14H16N4O. The summed E-state index contributed by atoms with van der Waals surface area (Å²) in [5.74, 6) is -0.0209. The summed E-state index contributed by atoms with van der Waals surface area (Å²) in [5.41, 5.74) is 2.43. The number of hydrogen-bond donors (Lipinski definition) is 1. The second-order valence-electron chi connectivity index (χ2n) is 4.35. The Morgan fingerprint density at radius 2 is 1.89 bits per heavy atom. The van der Waals surface area contributed by atoms with Crippen LogP contribution >= 0.6 is 0 Å². The summed E-state index contributed by atoms with van der Waals surface area (Å²) in [6.07, 6.45) is 4.99. The Kier molecular flexibility index (Phi) is 4.07. The molecule has 0 saturated carbocycles. The first kappa shape index (κ1) is 13.0. The van der Waals surface area contributed by atoms with E-state index in [0.717, 1.165) is 11.3 Å². The topological polar surface area (TPSA) is 58.1 Å². The molecule has 5 nitrogen and oxygen atoms in total. The van der Waals surface area contributed by atoms with E-state index >= 15 is 0 Å². The molecule has 0 bridgehead atoms. The number of hydrogen-bond acceptors (Lipinski definition) is 4. The van der Waals surface area contributed by atoms with E-state index in [2.05, 4.69) is 15.3 Å². The number of carbonyl (C=O) groups excluding carboxylic acids is 1. The van der Waals surface area contributed by atoms with Gasteiger partial charge in [0.2, 0.25) is 0 Å². The predicted octanol–water partition coefficient (Wildman–Crippen LogP) is 1.79. The molecular weight excluding hydrogens is 240 g/mol. The van der Waals surface area contributed by atoms with Crippen LogP contribution in [-0.4, -0.2) is 34.9 Å². The molecule has 0 atom stereocenters. The smallest absolute Gasteiger partial charge is 0.255 e. The van der Waals surface area contributed by atoms with E-state index < -0.39 is 0 Å². The van der Waals surface area contributed by atoms with E-state index in [1.54, 1.807) is 31.4 Å². The lowest BCUT2D eigenvalue weighted by Gasteiger charge is -2.15. The van der Waals surface area contributed by atoms with Crippen molar-refractivity contribution in [2.45, 2.75) is 6.54 Å². The van der Waals surface area contributed by atoms with Crippen LogP contribution in [0, 0.1) is 0 Å². The van der Waals surface area contributed by atoms with E-state index in [1.807, 2.05) is 24.3 Å². The van der Waals surface area contributed by atoms with Crippen molar-refractivity contribution in [3.8, 4) is 0 Å². The van der Waals surface area contributed by atoms with Crippen molar-refractivity contribution in [3.05, 3.63) is 54.1 Å². The maximum atomic E-state index is 12.0. The number of nitrogens with zero attached hydrogens (tertiary/aromatic N) is 3. The SMILES string of the molecule is CN(C)C(=O)c1ccccc1NCc1cncnc1. The van der Waals surface area contributed by atoms with Crippen LogP contribution in [-0.2, 0) is 6.54 Å². The molecule has 1 heterocycles. The molecule has 1 N–H and O–H groups in total. The van der Waals surface area contributed by atoms with Crippen molar-refractivity contribution in [3.63, 3.8) is 0 Å². The monoisotopic (exact) mass is 256 g/mol. The average molecular weight is 256 g/mol. The summed E-state index contributed by atoms with van der Waals surface area (Å²) in [6.45, 7) is 0.582. The number of rotatable bonds is 4. The van der Waals surface area contributed by atoms with Crippen LogP contribution in [0.15, 0.2) is 43.0 Å². The molecule has 0 spiro atoms. The molecule has 98 valence electrons. The molecule has 0 aliphatic carbocycles. The number of aromatic nitrogens is 2. The molecule has 0 unspecified atom stereocenters. The van der Waals surface area contributed by atoms with Crippen LogP contribution in [0.5, 0.6) is 0 Å². The van der Waals surface area contributed by atoms with E-state index in [0.29, 0.717) is 12.1 Å². The summed E-state index contributed by atoms with van der Waals surface area (Å²) in [5, 5.41) is 3.24. The first-order valence-corrected chi connectivity index (χ1v) is 5.97. The maximum absolute atomic E-state index is 12.0. The number of para-hydroxylation sites is 1. The van der Waals surface area contributed by atoms with Gasteiger partial charge >= 0.3 is 0 Å². The molecule has 1 aromatic heterocycles. The lowest BCUT2D eigenvalue weighted by molar-refractivity contribution is 0.0828. The zero-order chi connectivity index (χ0) is 13.7. The molecule has 1 amide bonds. The maximum Gasteiger partial charge on any atom is 0.255 e. The summed E-state index contributed by atoms with van der Waals surface area (Å²) in [6, 6.07) is 7.45. The largest absolute Gasteiger partial charge is 0.380 e. The Morgan fingerprint density at radius 3 is 2.58 bits per heavy atom. The molecule has 0 aliphatic heterocycles. The third-order valence-corrected chi connectivity index (χ3v) is 2.66. The van der Waals surface area contributed by atoms with Gasteiger partial charge in [0.15, 0.2) is 0 Å². The van der Waals surface area contributed by atoms with Crippen molar-refractivity contribution in [1.29, 1.82) is 0 Å². The number of nitrogens with one attached hydrogen (secondary N) is 1. The molecule has 0 fully saturated rings. The molecule has 19 heavy (non-hydrogen) atoms. The van der Waals surface area contributed by atoms with Gasteiger partial charge in [-0.3, -0.25) is 4.79 Å². The van der Waals surface area contributed by atoms with Crippen molar-refractivity contribution >= 4 is 11.6 Å². The van der Waals surface area contributed by atoms with Crippen molar-refractivity contribution in [2.24, 2.45) is 0 Å². The fourth-order valence-electron chi connectivity index (χ4n) is 1.68. The molecule has 2 aromatic rings. The summed E-state index contributed by atoms with van der Waals surface area (Å²) in [7, 11) is 3.48. The van der Waals surface area contributed by atoms with Gasteiger partial charge in [0.05, 0.1) is 5.56 Å². The molecule has 2 rings (SSSR count). The van der Waals surface area contributed by atoms with Crippen LogP contribution in [0.4, 0.5) is 5.69 Å². The van der Waals surface area contributed by atoms with Gasteiger partial charge in [0.25, 0.3) is 5.91 Å². The van der Waals surface area contributed by atoms with Crippen LogP contribution in [0.3, 0.4) is 0 Å². The third-order valence-electron chi connectivity index (χ3n) is 2.66. The fraction of sp³-hybridized carbons (Fsp3) is 0.214. The highest BCUT2D eigenvalue weighted by Crippen LogP contribution is 2.17. The second-order valence-corrected chi connectivity index (χ2v) is 4.35. The van der Waals surface area contributed by atoms with E-state index in [4.69, 9.17) is 0 Å². The Bertz CT molecular complexity index is 554.